The number of hydrogen-bond acceptors (Lipinski definition) is 1. The van der Waals surface area contributed by atoms with Gasteiger partial charge in [0.15, 0.2) is 0 Å². The molecule has 100 valence electrons. The van der Waals surface area contributed by atoms with E-state index in [1.165, 1.54) is 12.8 Å². The van der Waals surface area contributed by atoms with Crippen LogP contribution in [0.4, 0.5) is 0 Å². The fourth-order valence-electron chi connectivity index (χ4n) is 2.81. The van der Waals surface area contributed by atoms with E-state index in [0.29, 0.717) is 6.04 Å². The SMILES string of the molecule is Cn1cc(Br)c2ccc(C(=O)NC3CCCC3)cc21. The third kappa shape index (κ3) is 2.41. The van der Waals surface area contributed by atoms with Crippen molar-refractivity contribution in [3.63, 3.8) is 0 Å². The molecule has 1 heterocycles. The highest BCUT2D eigenvalue weighted by molar-refractivity contribution is 9.10. The van der Waals surface area contributed by atoms with Crippen molar-refractivity contribution >= 4 is 32.7 Å². The molecule has 2 aromatic rings. The lowest BCUT2D eigenvalue weighted by Crippen LogP contribution is -2.32. The van der Waals surface area contributed by atoms with E-state index in [9.17, 15) is 4.79 Å². The van der Waals surface area contributed by atoms with Crippen molar-refractivity contribution in [1.82, 2.24) is 9.88 Å². The number of rotatable bonds is 2. The van der Waals surface area contributed by atoms with Gasteiger partial charge >= 0.3 is 0 Å². The fraction of sp³-hybridized carbons (Fsp3) is 0.400. The molecule has 3 rings (SSSR count). The molecule has 0 aliphatic heterocycles. The Hall–Kier alpha value is -1.29. The van der Waals surface area contributed by atoms with Gasteiger partial charge in [0.2, 0.25) is 0 Å². The van der Waals surface area contributed by atoms with E-state index in [2.05, 4.69) is 21.2 Å². The smallest absolute Gasteiger partial charge is 0.251 e. The molecule has 0 radical (unpaired) electrons. The monoisotopic (exact) mass is 320 g/mol. The minimum Gasteiger partial charge on any atom is -0.349 e. The van der Waals surface area contributed by atoms with E-state index in [0.717, 1.165) is 33.8 Å². The number of aromatic nitrogens is 1. The van der Waals surface area contributed by atoms with Gasteiger partial charge in [-0.15, -0.1) is 0 Å². The van der Waals surface area contributed by atoms with E-state index in [4.69, 9.17) is 0 Å². The highest BCUT2D eigenvalue weighted by Gasteiger charge is 2.18. The van der Waals surface area contributed by atoms with Gasteiger partial charge in [0.25, 0.3) is 5.91 Å². The Balaban J connectivity index is 1.87. The second-order valence-corrected chi connectivity index (χ2v) is 6.13. The molecule has 1 N–H and O–H groups in total. The van der Waals surface area contributed by atoms with Crippen LogP contribution in [0.1, 0.15) is 36.0 Å². The number of halogens is 1. The lowest BCUT2D eigenvalue weighted by atomic mass is 10.1. The maximum absolute atomic E-state index is 12.2. The summed E-state index contributed by atoms with van der Waals surface area (Å²) in [7, 11) is 1.99. The van der Waals surface area contributed by atoms with Crippen molar-refractivity contribution in [2.75, 3.05) is 0 Å². The first-order chi connectivity index (χ1) is 9.15. The van der Waals surface area contributed by atoms with Crippen LogP contribution in [0.15, 0.2) is 28.9 Å². The van der Waals surface area contributed by atoms with E-state index >= 15 is 0 Å². The molecule has 0 spiro atoms. The summed E-state index contributed by atoms with van der Waals surface area (Å²) < 4.78 is 3.10. The van der Waals surface area contributed by atoms with Gasteiger partial charge in [-0.2, -0.15) is 0 Å². The standard InChI is InChI=1S/C15H17BrN2O/c1-18-9-13(16)12-7-6-10(8-14(12)18)15(19)17-11-4-2-3-5-11/h6-9,11H,2-5H2,1H3,(H,17,19). The number of carbonyl (C=O) groups is 1. The molecule has 3 nitrogen and oxygen atoms in total. The molecular weight excluding hydrogens is 304 g/mol. The van der Waals surface area contributed by atoms with Gasteiger partial charge in [-0.3, -0.25) is 4.79 Å². The number of nitrogens with zero attached hydrogens (tertiary/aromatic N) is 1. The topological polar surface area (TPSA) is 34.0 Å². The van der Waals surface area contributed by atoms with Gasteiger partial charge in [0.1, 0.15) is 0 Å². The van der Waals surface area contributed by atoms with Gasteiger partial charge in [0, 0.05) is 40.2 Å². The summed E-state index contributed by atoms with van der Waals surface area (Å²) in [5.41, 5.74) is 1.82. The molecule has 0 bridgehead atoms. The van der Waals surface area contributed by atoms with Crippen LogP contribution < -0.4 is 5.32 Å². The molecule has 1 aromatic carbocycles. The summed E-state index contributed by atoms with van der Waals surface area (Å²) in [6.45, 7) is 0. The van der Waals surface area contributed by atoms with Crippen molar-refractivity contribution < 1.29 is 4.79 Å². The van der Waals surface area contributed by atoms with E-state index in [-0.39, 0.29) is 5.91 Å². The number of benzene rings is 1. The van der Waals surface area contributed by atoms with Crippen LogP contribution in [0, 0.1) is 0 Å². The first kappa shape index (κ1) is 12.7. The molecule has 1 saturated carbocycles. The van der Waals surface area contributed by atoms with Crippen molar-refractivity contribution in [3.05, 3.63) is 34.4 Å². The van der Waals surface area contributed by atoms with Crippen LogP contribution in [0.5, 0.6) is 0 Å². The highest BCUT2D eigenvalue weighted by Crippen LogP contribution is 2.26. The van der Waals surface area contributed by atoms with Gasteiger partial charge in [-0.05, 0) is 40.9 Å². The van der Waals surface area contributed by atoms with E-state index in [1.54, 1.807) is 0 Å². The number of hydrogen-bond donors (Lipinski definition) is 1. The summed E-state index contributed by atoms with van der Waals surface area (Å²) >= 11 is 3.53. The molecule has 19 heavy (non-hydrogen) atoms. The third-order valence-corrected chi connectivity index (χ3v) is 4.53. The zero-order valence-corrected chi connectivity index (χ0v) is 12.5. The maximum Gasteiger partial charge on any atom is 0.251 e. The predicted octanol–water partition coefficient (Wildman–Crippen LogP) is 3.61. The molecule has 0 saturated heterocycles. The zero-order chi connectivity index (χ0) is 13.4. The van der Waals surface area contributed by atoms with Gasteiger partial charge in [0.05, 0.1) is 0 Å². The lowest BCUT2D eigenvalue weighted by molar-refractivity contribution is 0.0938. The van der Waals surface area contributed by atoms with Crippen molar-refractivity contribution in [2.45, 2.75) is 31.7 Å². The normalized spacial score (nSPS) is 16.1. The van der Waals surface area contributed by atoms with Crippen LogP contribution in [0.2, 0.25) is 0 Å². The number of fused-ring (bicyclic) bond motifs is 1. The molecule has 1 aliphatic carbocycles. The quantitative estimate of drug-likeness (QED) is 0.901. The van der Waals surface area contributed by atoms with Gasteiger partial charge in [-0.1, -0.05) is 18.9 Å². The molecule has 1 amide bonds. The number of nitrogens with one attached hydrogen (secondary N) is 1. The minimum atomic E-state index is 0.0473. The van der Waals surface area contributed by atoms with Crippen molar-refractivity contribution in [3.8, 4) is 0 Å². The average Bonchev–Trinajstić information content (AvgIpc) is 2.99. The van der Waals surface area contributed by atoms with Crippen LogP contribution in [-0.4, -0.2) is 16.5 Å². The molecular formula is C15H17BrN2O. The van der Waals surface area contributed by atoms with Gasteiger partial charge in [-0.25, -0.2) is 0 Å². The average molecular weight is 321 g/mol. The Morgan fingerprint density at radius 2 is 2.11 bits per heavy atom. The third-order valence-electron chi connectivity index (χ3n) is 3.89. The first-order valence-corrected chi connectivity index (χ1v) is 7.50. The number of aryl methyl sites for hydroxylation is 1. The zero-order valence-electron chi connectivity index (χ0n) is 10.9. The van der Waals surface area contributed by atoms with Gasteiger partial charge < -0.3 is 9.88 Å². The van der Waals surface area contributed by atoms with E-state index in [1.807, 2.05) is 36.0 Å². The second-order valence-electron chi connectivity index (χ2n) is 5.27. The molecule has 1 aliphatic rings. The van der Waals surface area contributed by atoms with Crippen molar-refractivity contribution in [1.29, 1.82) is 0 Å². The molecule has 4 heteroatoms. The van der Waals surface area contributed by atoms with Crippen molar-refractivity contribution in [2.24, 2.45) is 7.05 Å². The summed E-state index contributed by atoms with van der Waals surface area (Å²) in [6, 6.07) is 6.23. The Morgan fingerprint density at radius 3 is 2.84 bits per heavy atom. The Kier molecular flexibility index (Phi) is 3.35. The molecule has 0 atom stereocenters. The lowest BCUT2D eigenvalue weighted by Gasteiger charge is -2.12. The highest BCUT2D eigenvalue weighted by atomic mass is 79.9. The Labute approximate surface area is 121 Å². The van der Waals surface area contributed by atoms with E-state index < -0.39 is 0 Å². The van der Waals surface area contributed by atoms with Crippen LogP contribution >= 0.6 is 15.9 Å². The van der Waals surface area contributed by atoms with Crippen LogP contribution in [-0.2, 0) is 7.05 Å². The Morgan fingerprint density at radius 1 is 1.37 bits per heavy atom. The van der Waals surface area contributed by atoms with Crippen LogP contribution in [0.3, 0.4) is 0 Å². The maximum atomic E-state index is 12.2. The Bertz CT molecular complexity index is 626. The number of carbonyl (C=O) groups excluding carboxylic acids is 1. The summed E-state index contributed by atoms with van der Waals surface area (Å²) in [4.78, 5) is 12.2. The molecule has 0 unspecified atom stereocenters. The van der Waals surface area contributed by atoms with Crippen LogP contribution in [0.25, 0.3) is 10.9 Å². The largest absolute Gasteiger partial charge is 0.349 e. The number of amides is 1. The summed E-state index contributed by atoms with van der Waals surface area (Å²) in [5, 5.41) is 4.27. The first-order valence-electron chi connectivity index (χ1n) is 6.70. The minimum absolute atomic E-state index is 0.0473. The second kappa shape index (κ2) is 5.00. The summed E-state index contributed by atoms with van der Waals surface area (Å²) in [5.74, 6) is 0.0473. The molecule has 1 fully saturated rings. The summed E-state index contributed by atoms with van der Waals surface area (Å²) in [6.07, 6.45) is 6.71. The molecule has 1 aromatic heterocycles. The predicted molar refractivity (Wildman–Crippen MR) is 80.3 cm³/mol. The fourth-order valence-corrected chi connectivity index (χ4v) is 3.46.